The zero-order valence-electron chi connectivity index (χ0n) is 22.7. The molecule has 4 heterocycles. The van der Waals surface area contributed by atoms with Gasteiger partial charge in [-0.1, -0.05) is 6.07 Å². The third-order valence-corrected chi connectivity index (χ3v) is 7.64. The first-order chi connectivity index (χ1) is 20.5. The Bertz CT molecular complexity index is 1720. The number of hydrogen-bond donors (Lipinski definition) is 0. The minimum absolute atomic E-state index is 0.0110. The second-order valence-corrected chi connectivity index (χ2v) is 10.4. The molecule has 2 amide bonds. The number of nitrogens with zero attached hydrogens (tertiary/aromatic N) is 5. The van der Waals surface area contributed by atoms with Gasteiger partial charge in [-0.3, -0.25) is 14.6 Å². The van der Waals surface area contributed by atoms with Gasteiger partial charge in [-0.05, 0) is 73.4 Å². The Hall–Kier alpha value is -4.81. The van der Waals surface area contributed by atoms with Crippen LogP contribution in [0.2, 0.25) is 0 Å². The molecule has 0 atom stereocenters. The van der Waals surface area contributed by atoms with Gasteiger partial charge in [0.15, 0.2) is 17.3 Å². The van der Waals surface area contributed by atoms with E-state index in [1.54, 1.807) is 42.4 Å². The molecule has 1 saturated heterocycles. The number of benzene rings is 2. The van der Waals surface area contributed by atoms with Crippen LogP contribution in [0.3, 0.4) is 0 Å². The molecule has 13 heteroatoms. The molecule has 0 bridgehead atoms. The van der Waals surface area contributed by atoms with Gasteiger partial charge >= 0.3 is 6.36 Å². The van der Waals surface area contributed by atoms with Crippen molar-refractivity contribution in [3.63, 3.8) is 0 Å². The summed E-state index contributed by atoms with van der Waals surface area (Å²) in [6.45, 7) is 2.10. The normalized spacial score (nSPS) is 15.6. The molecule has 0 aliphatic carbocycles. The number of hydrogen-bond acceptors (Lipinski definition) is 5. The summed E-state index contributed by atoms with van der Waals surface area (Å²) in [5.74, 6) is -3.16. The number of carbonyl (C=O) groups is 2. The predicted octanol–water partition coefficient (Wildman–Crippen LogP) is 5.61. The van der Waals surface area contributed by atoms with Crippen LogP contribution in [0, 0.1) is 18.6 Å². The number of carbonyl (C=O) groups excluding carboxylic acids is 2. The average molecular weight is 598 g/mol. The van der Waals surface area contributed by atoms with Crippen LogP contribution in [0.15, 0.2) is 60.9 Å². The molecule has 222 valence electrons. The number of fused-ring (bicyclic) bond motifs is 1. The molecule has 0 spiro atoms. The van der Waals surface area contributed by atoms with Crippen LogP contribution in [0.4, 0.5) is 27.6 Å². The van der Waals surface area contributed by atoms with Crippen molar-refractivity contribution in [3.8, 4) is 22.7 Å². The molecule has 43 heavy (non-hydrogen) atoms. The van der Waals surface area contributed by atoms with Crippen molar-refractivity contribution >= 4 is 17.5 Å². The van der Waals surface area contributed by atoms with Gasteiger partial charge < -0.3 is 14.5 Å². The quantitative estimate of drug-likeness (QED) is 0.280. The number of piperidine rings is 1. The summed E-state index contributed by atoms with van der Waals surface area (Å²) in [5, 5.41) is 4.54. The van der Waals surface area contributed by atoms with E-state index in [9.17, 15) is 31.5 Å². The Kier molecular flexibility index (Phi) is 7.10. The van der Waals surface area contributed by atoms with Crippen LogP contribution < -0.4 is 9.64 Å². The third-order valence-electron chi connectivity index (χ3n) is 7.64. The van der Waals surface area contributed by atoms with Gasteiger partial charge in [0.1, 0.15) is 5.75 Å². The fourth-order valence-electron chi connectivity index (χ4n) is 5.68. The Morgan fingerprint density at radius 1 is 1.05 bits per heavy atom. The van der Waals surface area contributed by atoms with Crippen molar-refractivity contribution in [2.45, 2.75) is 38.6 Å². The number of rotatable bonds is 5. The van der Waals surface area contributed by atoms with Gasteiger partial charge in [-0.15, -0.1) is 13.2 Å². The van der Waals surface area contributed by atoms with E-state index in [1.165, 1.54) is 33.8 Å². The molecule has 4 aromatic rings. The lowest BCUT2D eigenvalue weighted by molar-refractivity contribution is -0.274. The standard InChI is InChI=1S/C30H24F5N5O3/c1-17-13-21(43-30(33,34)35)5-7-24(17)40-25(19-3-2-10-36-16-19)15-23(37-40)29(42)38-11-8-20(9-12-38)39-26(41)14-18-4-6-22(31)27(32)28(18)39/h2-7,10,13,15-16,20H,8-9,11-12,14H2,1H3. The van der Waals surface area contributed by atoms with Gasteiger partial charge in [0.2, 0.25) is 5.91 Å². The molecule has 0 saturated carbocycles. The van der Waals surface area contributed by atoms with Crippen LogP contribution in [0.1, 0.15) is 34.5 Å². The lowest BCUT2D eigenvalue weighted by Crippen LogP contribution is -2.48. The molecule has 6 rings (SSSR count). The third kappa shape index (κ3) is 5.42. The summed E-state index contributed by atoms with van der Waals surface area (Å²) in [6, 6.07) is 10.9. The molecule has 2 aliphatic heterocycles. The number of ether oxygens (including phenoxy) is 1. The molecule has 1 fully saturated rings. The van der Waals surface area contributed by atoms with Gasteiger partial charge in [-0.25, -0.2) is 13.5 Å². The van der Waals surface area contributed by atoms with Crippen molar-refractivity contribution in [1.82, 2.24) is 19.7 Å². The summed E-state index contributed by atoms with van der Waals surface area (Å²) in [6.07, 6.45) is -0.993. The molecule has 8 nitrogen and oxygen atoms in total. The minimum atomic E-state index is -4.84. The van der Waals surface area contributed by atoms with Crippen molar-refractivity contribution in [2.24, 2.45) is 0 Å². The Morgan fingerprint density at radius 2 is 1.81 bits per heavy atom. The van der Waals surface area contributed by atoms with Crippen molar-refractivity contribution in [3.05, 3.63) is 89.4 Å². The summed E-state index contributed by atoms with van der Waals surface area (Å²) >= 11 is 0. The molecule has 2 aromatic carbocycles. The molecular formula is C30H24F5N5O3. The smallest absolute Gasteiger partial charge is 0.406 e. The van der Waals surface area contributed by atoms with Crippen LogP contribution >= 0.6 is 0 Å². The van der Waals surface area contributed by atoms with Crippen LogP contribution in [-0.4, -0.2) is 57.0 Å². The maximum Gasteiger partial charge on any atom is 0.573 e. The average Bonchev–Trinajstić information content (AvgIpc) is 3.56. The lowest BCUT2D eigenvalue weighted by atomic mass is 10.0. The topological polar surface area (TPSA) is 80.6 Å². The summed E-state index contributed by atoms with van der Waals surface area (Å²) in [4.78, 5) is 33.4. The SMILES string of the molecule is Cc1cc(OC(F)(F)F)ccc1-n1nc(C(=O)N2CCC(N3C(=O)Cc4ccc(F)c(F)c43)CC2)cc1-c1cccnc1. The van der Waals surface area contributed by atoms with E-state index in [4.69, 9.17) is 0 Å². The van der Waals surface area contributed by atoms with Gasteiger partial charge in [-0.2, -0.15) is 5.10 Å². The van der Waals surface area contributed by atoms with Gasteiger partial charge in [0.25, 0.3) is 5.91 Å². The summed E-state index contributed by atoms with van der Waals surface area (Å²) in [5.41, 5.74) is 2.49. The number of pyridine rings is 1. The van der Waals surface area contributed by atoms with Gasteiger partial charge in [0, 0.05) is 37.1 Å². The molecular weight excluding hydrogens is 573 g/mol. The highest BCUT2D eigenvalue weighted by molar-refractivity contribution is 6.02. The second kappa shape index (κ2) is 10.8. The fourth-order valence-corrected chi connectivity index (χ4v) is 5.68. The number of aromatic nitrogens is 3. The van der Waals surface area contributed by atoms with E-state index in [0.29, 0.717) is 40.9 Å². The minimum Gasteiger partial charge on any atom is -0.406 e. The number of halogens is 5. The Labute approximate surface area is 242 Å². The highest BCUT2D eigenvalue weighted by Crippen LogP contribution is 2.37. The van der Waals surface area contributed by atoms with Gasteiger partial charge in [0.05, 0.1) is 23.5 Å². The lowest BCUT2D eigenvalue weighted by Gasteiger charge is -2.36. The van der Waals surface area contributed by atoms with Crippen molar-refractivity contribution in [1.29, 1.82) is 0 Å². The molecule has 2 aliphatic rings. The monoisotopic (exact) mass is 597 g/mol. The number of anilines is 1. The molecule has 0 N–H and O–H groups in total. The largest absolute Gasteiger partial charge is 0.573 e. The van der Waals surface area contributed by atoms with E-state index in [0.717, 1.165) is 6.07 Å². The van der Waals surface area contributed by atoms with Crippen LogP contribution in [0.25, 0.3) is 16.9 Å². The predicted molar refractivity (Wildman–Crippen MR) is 145 cm³/mol. The van der Waals surface area contributed by atoms with E-state index < -0.39 is 24.0 Å². The molecule has 0 unspecified atom stereocenters. The maximum atomic E-state index is 14.6. The molecule has 2 aromatic heterocycles. The summed E-state index contributed by atoms with van der Waals surface area (Å²) in [7, 11) is 0. The molecule has 0 radical (unpaired) electrons. The fraction of sp³-hybridized carbons (Fsp3) is 0.267. The highest BCUT2D eigenvalue weighted by atomic mass is 19.4. The van der Waals surface area contributed by atoms with E-state index in [2.05, 4.69) is 14.8 Å². The Morgan fingerprint density at radius 3 is 2.49 bits per heavy atom. The summed E-state index contributed by atoms with van der Waals surface area (Å²) < 4.78 is 72.3. The van der Waals surface area contributed by atoms with E-state index in [-0.39, 0.29) is 48.5 Å². The first-order valence-corrected chi connectivity index (χ1v) is 13.5. The van der Waals surface area contributed by atoms with E-state index >= 15 is 0 Å². The Balaban J connectivity index is 1.25. The van der Waals surface area contributed by atoms with E-state index in [1.807, 2.05) is 0 Å². The maximum absolute atomic E-state index is 14.6. The first kappa shape index (κ1) is 28.3. The van der Waals surface area contributed by atoms with Crippen LogP contribution in [0.5, 0.6) is 5.75 Å². The van der Waals surface area contributed by atoms with Crippen LogP contribution in [-0.2, 0) is 11.2 Å². The number of likely N-dealkylation sites (tertiary alicyclic amines) is 1. The number of alkyl halides is 3. The number of amides is 2. The zero-order valence-corrected chi connectivity index (χ0v) is 22.7. The number of aryl methyl sites for hydroxylation is 1. The zero-order chi connectivity index (χ0) is 30.5. The van der Waals surface area contributed by atoms with Crippen molar-refractivity contribution < 1.29 is 36.3 Å². The first-order valence-electron chi connectivity index (χ1n) is 13.5. The highest BCUT2D eigenvalue weighted by Gasteiger charge is 2.39. The van der Waals surface area contributed by atoms with Crippen molar-refractivity contribution in [2.75, 3.05) is 18.0 Å². The second-order valence-electron chi connectivity index (χ2n) is 10.4.